The minimum absolute atomic E-state index is 0.0781. The van der Waals surface area contributed by atoms with Gasteiger partial charge >= 0.3 is 5.97 Å². The van der Waals surface area contributed by atoms with E-state index in [9.17, 15) is 18.4 Å². The highest BCUT2D eigenvalue weighted by molar-refractivity contribution is 7.98. The first-order valence-electron chi connectivity index (χ1n) is 13.9. The number of nitrogens with zero attached hydrogens (tertiary/aromatic N) is 3. The fraction of sp³-hybridized carbons (Fsp3) is 0.176. The summed E-state index contributed by atoms with van der Waals surface area (Å²) < 4.78 is 44.4. The number of halogens is 2. The maximum Gasteiger partial charge on any atom is 0.326 e. The molecule has 0 radical (unpaired) electrons. The Hall–Kier alpha value is -5.03. The molecule has 0 bridgehead atoms. The summed E-state index contributed by atoms with van der Waals surface area (Å²) in [6, 6.07) is 25.5. The van der Waals surface area contributed by atoms with Gasteiger partial charge in [-0.1, -0.05) is 54.6 Å². The Balaban J connectivity index is 1.25. The van der Waals surface area contributed by atoms with Gasteiger partial charge in [0.1, 0.15) is 25.5 Å². The van der Waals surface area contributed by atoms with Crippen LogP contribution in [0.1, 0.15) is 33.3 Å². The van der Waals surface area contributed by atoms with Crippen molar-refractivity contribution in [3.8, 4) is 16.9 Å². The van der Waals surface area contributed by atoms with E-state index in [2.05, 4.69) is 10.2 Å². The molecule has 0 saturated heterocycles. The normalized spacial score (nSPS) is 10.8. The second kappa shape index (κ2) is 14.6. The lowest BCUT2D eigenvalue weighted by Gasteiger charge is -2.20. The number of amides is 1. The van der Waals surface area contributed by atoms with Crippen LogP contribution >= 0.6 is 11.8 Å². The summed E-state index contributed by atoms with van der Waals surface area (Å²) in [7, 11) is 0. The van der Waals surface area contributed by atoms with Gasteiger partial charge in [0, 0.05) is 17.4 Å². The van der Waals surface area contributed by atoms with Gasteiger partial charge in [0.05, 0.1) is 6.54 Å². The minimum atomic E-state index is -0.910. The van der Waals surface area contributed by atoms with E-state index in [4.69, 9.17) is 13.9 Å². The van der Waals surface area contributed by atoms with E-state index in [0.717, 1.165) is 16.7 Å². The molecule has 0 spiro atoms. The molecule has 230 valence electrons. The van der Waals surface area contributed by atoms with E-state index in [0.29, 0.717) is 27.7 Å². The number of aryl methyl sites for hydroxylation is 1. The zero-order chi connectivity index (χ0) is 31.8. The summed E-state index contributed by atoms with van der Waals surface area (Å²) in [6.07, 6.45) is 1.80. The third-order valence-corrected chi connectivity index (χ3v) is 7.51. The molecule has 8 nitrogen and oxygen atoms in total. The van der Waals surface area contributed by atoms with Gasteiger partial charge in [0.2, 0.25) is 11.8 Å². The van der Waals surface area contributed by atoms with Crippen molar-refractivity contribution < 1.29 is 32.3 Å². The van der Waals surface area contributed by atoms with Crippen LogP contribution in [-0.2, 0) is 29.3 Å². The molecule has 45 heavy (non-hydrogen) atoms. The molecule has 0 saturated carbocycles. The van der Waals surface area contributed by atoms with E-state index in [-0.39, 0.29) is 32.2 Å². The standard InChI is InChI=1S/C34H29F2N3O5S/c1-22-37-38-32(44-22)18-39(19-33(40)43-20-23-7-4-3-5-8-23)34(41)26-10-6-9-24(15-26)21-42-27-13-11-25(12-14-27)28-16-29(35)30(36)17-31(28)45-2/h3-17H,18-21H2,1-2H3. The summed E-state index contributed by atoms with van der Waals surface area (Å²) in [5, 5.41) is 7.78. The van der Waals surface area contributed by atoms with Gasteiger partial charge in [-0.2, -0.15) is 0 Å². The van der Waals surface area contributed by atoms with Crippen molar-refractivity contribution in [1.29, 1.82) is 0 Å². The Labute approximate surface area is 263 Å². The lowest BCUT2D eigenvalue weighted by atomic mass is 10.1. The number of aromatic nitrogens is 2. The Bertz CT molecular complexity index is 1780. The average Bonchev–Trinajstić information content (AvgIpc) is 3.48. The molecule has 0 aliphatic heterocycles. The van der Waals surface area contributed by atoms with Gasteiger partial charge in [-0.3, -0.25) is 9.59 Å². The molecule has 0 N–H and O–H groups in total. The van der Waals surface area contributed by atoms with Crippen molar-refractivity contribution in [2.24, 2.45) is 0 Å². The maximum atomic E-state index is 13.9. The molecule has 0 atom stereocenters. The number of carbonyl (C=O) groups is 2. The van der Waals surface area contributed by atoms with Crippen LogP contribution < -0.4 is 4.74 Å². The van der Waals surface area contributed by atoms with Crippen molar-refractivity contribution in [3.05, 3.63) is 131 Å². The number of carbonyl (C=O) groups excluding carboxylic acids is 2. The molecule has 1 aromatic heterocycles. The molecule has 0 unspecified atom stereocenters. The van der Waals surface area contributed by atoms with E-state index < -0.39 is 23.5 Å². The first-order chi connectivity index (χ1) is 21.8. The van der Waals surface area contributed by atoms with Gasteiger partial charge in [0.15, 0.2) is 11.6 Å². The molecule has 0 fully saturated rings. The molecule has 5 rings (SSSR count). The fourth-order valence-electron chi connectivity index (χ4n) is 4.50. The first kappa shape index (κ1) is 31.4. The van der Waals surface area contributed by atoms with Gasteiger partial charge in [0.25, 0.3) is 5.91 Å². The quantitative estimate of drug-likeness (QED) is 0.107. The van der Waals surface area contributed by atoms with E-state index in [1.807, 2.05) is 36.4 Å². The molecule has 11 heteroatoms. The summed E-state index contributed by atoms with van der Waals surface area (Å²) in [6.45, 7) is 1.47. The van der Waals surface area contributed by atoms with Gasteiger partial charge < -0.3 is 18.8 Å². The zero-order valence-electron chi connectivity index (χ0n) is 24.5. The highest BCUT2D eigenvalue weighted by Crippen LogP contribution is 2.33. The zero-order valence-corrected chi connectivity index (χ0v) is 25.4. The van der Waals surface area contributed by atoms with Crippen molar-refractivity contribution in [2.45, 2.75) is 31.6 Å². The van der Waals surface area contributed by atoms with Crippen molar-refractivity contribution in [2.75, 3.05) is 12.8 Å². The lowest BCUT2D eigenvalue weighted by Crippen LogP contribution is -2.36. The molecule has 1 amide bonds. The maximum absolute atomic E-state index is 13.9. The van der Waals surface area contributed by atoms with Crippen LogP contribution in [0.4, 0.5) is 8.78 Å². The predicted molar refractivity (Wildman–Crippen MR) is 164 cm³/mol. The van der Waals surface area contributed by atoms with Crippen LogP contribution in [0.5, 0.6) is 5.75 Å². The van der Waals surface area contributed by atoms with E-state index in [1.54, 1.807) is 55.6 Å². The molecule has 1 heterocycles. The second-order valence-electron chi connectivity index (χ2n) is 10.0. The molecular formula is C34H29F2N3O5S. The topological polar surface area (TPSA) is 94.8 Å². The number of rotatable bonds is 12. The first-order valence-corrected chi connectivity index (χ1v) is 15.1. The van der Waals surface area contributed by atoms with Crippen molar-refractivity contribution in [3.63, 3.8) is 0 Å². The van der Waals surface area contributed by atoms with Crippen LogP contribution in [0, 0.1) is 18.6 Å². The van der Waals surface area contributed by atoms with E-state index in [1.165, 1.54) is 28.8 Å². The smallest absolute Gasteiger partial charge is 0.326 e. The highest BCUT2D eigenvalue weighted by Gasteiger charge is 2.23. The summed E-state index contributed by atoms with van der Waals surface area (Å²) in [4.78, 5) is 28.2. The summed E-state index contributed by atoms with van der Waals surface area (Å²) in [5.41, 5.74) is 3.19. The summed E-state index contributed by atoms with van der Waals surface area (Å²) in [5.74, 6) is -1.73. The van der Waals surface area contributed by atoms with Crippen molar-refractivity contribution in [1.82, 2.24) is 15.1 Å². The van der Waals surface area contributed by atoms with Crippen LogP contribution in [0.25, 0.3) is 11.1 Å². The Kier molecular flexibility index (Phi) is 10.2. The van der Waals surface area contributed by atoms with Gasteiger partial charge in [-0.15, -0.1) is 22.0 Å². The van der Waals surface area contributed by atoms with Crippen LogP contribution in [0.15, 0.2) is 100 Å². The lowest BCUT2D eigenvalue weighted by molar-refractivity contribution is -0.145. The number of benzene rings is 4. The Morgan fingerprint density at radius 3 is 2.31 bits per heavy atom. The molecular weight excluding hydrogens is 600 g/mol. The van der Waals surface area contributed by atoms with Crippen LogP contribution in [0.3, 0.4) is 0 Å². The third-order valence-electron chi connectivity index (χ3n) is 6.73. The number of hydrogen-bond donors (Lipinski definition) is 0. The molecule has 0 aliphatic rings. The van der Waals surface area contributed by atoms with E-state index >= 15 is 0 Å². The average molecular weight is 630 g/mol. The molecule has 4 aromatic carbocycles. The van der Waals surface area contributed by atoms with Crippen LogP contribution in [-0.4, -0.2) is 39.8 Å². The van der Waals surface area contributed by atoms with Gasteiger partial charge in [-0.25, -0.2) is 8.78 Å². The predicted octanol–water partition coefficient (Wildman–Crippen LogP) is 7.01. The largest absolute Gasteiger partial charge is 0.489 e. The second-order valence-corrected chi connectivity index (χ2v) is 10.9. The number of ether oxygens (including phenoxy) is 2. The van der Waals surface area contributed by atoms with Crippen LogP contribution in [0.2, 0.25) is 0 Å². The Morgan fingerprint density at radius 1 is 0.867 bits per heavy atom. The SMILES string of the molecule is CSc1cc(F)c(F)cc1-c1ccc(OCc2cccc(C(=O)N(CC(=O)OCc3ccccc3)Cc3nnc(C)o3)c2)cc1. The number of hydrogen-bond acceptors (Lipinski definition) is 8. The van der Waals surface area contributed by atoms with Gasteiger partial charge in [-0.05, 0) is 64.9 Å². The van der Waals surface area contributed by atoms with Crippen molar-refractivity contribution >= 4 is 23.6 Å². The number of thioether (sulfide) groups is 1. The number of esters is 1. The third kappa shape index (κ3) is 8.33. The summed E-state index contributed by atoms with van der Waals surface area (Å²) >= 11 is 1.33. The minimum Gasteiger partial charge on any atom is -0.489 e. The highest BCUT2D eigenvalue weighted by atomic mass is 32.2. The molecule has 5 aromatic rings. The Morgan fingerprint density at radius 2 is 1.60 bits per heavy atom. The molecule has 0 aliphatic carbocycles. The monoisotopic (exact) mass is 629 g/mol. The fourth-order valence-corrected chi connectivity index (χ4v) is 5.12.